The highest BCUT2D eigenvalue weighted by atomic mass is 16.6. The van der Waals surface area contributed by atoms with Crippen LogP contribution in [-0.2, 0) is 23.9 Å². The summed E-state index contributed by atoms with van der Waals surface area (Å²) in [7, 11) is 0. The molecule has 0 aliphatic heterocycles. The normalized spacial score (nSPS) is 48.2. The van der Waals surface area contributed by atoms with E-state index in [-0.39, 0.29) is 19.5 Å². The van der Waals surface area contributed by atoms with Gasteiger partial charge in [-0.15, -0.1) is 0 Å². The van der Waals surface area contributed by atoms with Crippen molar-refractivity contribution >= 4 is 18.7 Å². The average molecular weight is 420 g/mol. The molecule has 30 heavy (non-hydrogen) atoms. The molecular weight excluding hydrogens is 392 g/mol. The van der Waals surface area contributed by atoms with Gasteiger partial charge >= 0.3 is 0 Å². The smallest absolute Gasteiger partial charge is 0.293 e. The first-order valence-electron chi connectivity index (χ1n) is 10.2. The quantitative estimate of drug-likeness (QED) is 0.427. The third-order valence-electron chi connectivity index (χ3n) is 8.40. The summed E-state index contributed by atoms with van der Waals surface area (Å²) in [5, 5.41) is 33.6. The average Bonchev–Trinajstić information content (AvgIpc) is 3.12. The Labute approximate surface area is 174 Å². The Balaban J connectivity index is 1.97. The molecule has 8 atom stereocenters. The van der Waals surface area contributed by atoms with Crippen molar-refractivity contribution in [2.45, 2.75) is 57.0 Å². The number of Topliss-reactive ketones (excluding diaryl/α,β-unsaturated/α-hetero) is 1. The molecule has 0 bridgehead atoms. The van der Waals surface area contributed by atoms with Crippen LogP contribution >= 0.6 is 0 Å². The maximum Gasteiger partial charge on any atom is 0.293 e. The number of rotatable bonds is 5. The molecule has 3 N–H and O–H groups in total. The minimum Gasteiger partial charge on any atom is -0.460 e. The summed E-state index contributed by atoms with van der Waals surface area (Å²) in [6.45, 7) is 7.20. The molecular formula is C22H28O8. The largest absolute Gasteiger partial charge is 0.460 e. The zero-order valence-corrected chi connectivity index (χ0v) is 17.5. The van der Waals surface area contributed by atoms with Crippen molar-refractivity contribution < 1.29 is 39.2 Å². The second-order valence-electron chi connectivity index (χ2n) is 9.80. The van der Waals surface area contributed by atoms with Crippen LogP contribution in [0, 0.1) is 29.1 Å². The van der Waals surface area contributed by atoms with Gasteiger partial charge < -0.3 is 24.8 Å². The van der Waals surface area contributed by atoms with Gasteiger partial charge in [-0.1, -0.05) is 32.9 Å². The number of carbonyl (C=O) groups is 3. The summed E-state index contributed by atoms with van der Waals surface area (Å²) in [6.07, 6.45) is 2.21. The van der Waals surface area contributed by atoms with Gasteiger partial charge in [0.1, 0.15) is 11.7 Å². The Kier molecular flexibility index (Phi) is 4.42. The predicted molar refractivity (Wildman–Crippen MR) is 103 cm³/mol. The van der Waals surface area contributed by atoms with Crippen molar-refractivity contribution in [3.63, 3.8) is 0 Å². The Hall–Kier alpha value is -2.03. The summed E-state index contributed by atoms with van der Waals surface area (Å²) in [5.74, 6) is -3.34. The molecule has 4 aliphatic rings. The molecule has 0 aromatic rings. The van der Waals surface area contributed by atoms with E-state index >= 15 is 0 Å². The number of aliphatic hydroxyl groups is 3. The number of carbonyl (C=O) groups excluding carboxylic acids is 3. The summed E-state index contributed by atoms with van der Waals surface area (Å²) >= 11 is 0. The standard InChI is InChI=1S/C22H28O8/c1-11-5-15-20(27,17(11)26)7-13(8-23)6-14-16-19(3,4)22(16,30-10-25)18(29-9-24)12(2)21(14,15)28/h5-6,9-10,12,14-16,18,23,27-28H,7-8H2,1-4H3/t12-,14+,15-,16+,18-,20-,21-,22-/m1/s1. The van der Waals surface area contributed by atoms with Crippen LogP contribution in [-0.4, -0.2) is 63.6 Å². The fraction of sp³-hybridized carbons (Fsp3) is 0.682. The van der Waals surface area contributed by atoms with Gasteiger partial charge in [-0.05, 0) is 18.1 Å². The fourth-order valence-electron chi connectivity index (χ4n) is 7.03. The maximum atomic E-state index is 12.9. The molecule has 164 valence electrons. The van der Waals surface area contributed by atoms with Crippen LogP contribution in [0.4, 0.5) is 0 Å². The minimum atomic E-state index is -1.91. The number of ether oxygens (including phenoxy) is 2. The van der Waals surface area contributed by atoms with Crippen LogP contribution in [0.2, 0.25) is 0 Å². The Morgan fingerprint density at radius 2 is 1.87 bits per heavy atom. The minimum absolute atomic E-state index is 0.111. The molecule has 0 aromatic heterocycles. The topological polar surface area (TPSA) is 130 Å². The van der Waals surface area contributed by atoms with E-state index in [0.29, 0.717) is 17.6 Å². The van der Waals surface area contributed by atoms with Gasteiger partial charge in [0.25, 0.3) is 12.9 Å². The van der Waals surface area contributed by atoms with Gasteiger partial charge in [0.2, 0.25) is 0 Å². The van der Waals surface area contributed by atoms with Crippen molar-refractivity contribution in [3.8, 4) is 0 Å². The van der Waals surface area contributed by atoms with Crippen LogP contribution < -0.4 is 0 Å². The lowest BCUT2D eigenvalue weighted by Crippen LogP contribution is -2.65. The lowest BCUT2D eigenvalue weighted by molar-refractivity contribution is -0.220. The first kappa shape index (κ1) is 21.2. The second kappa shape index (κ2) is 6.24. The van der Waals surface area contributed by atoms with Crippen molar-refractivity contribution in [3.05, 3.63) is 23.3 Å². The van der Waals surface area contributed by atoms with E-state index in [0.717, 1.165) is 0 Å². The van der Waals surface area contributed by atoms with E-state index < -0.39 is 57.8 Å². The van der Waals surface area contributed by atoms with Crippen molar-refractivity contribution in [1.29, 1.82) is 0 Å². The van der Waals surface area contributed by atoms with Gasteiger partial charge in [-0.25, -0.2) is 0 Å². The molecule has 2 fully saturated rings. The van der Waals surface area contributed by atoms with E-state index in [1.54, 1.807) is 26.0 Å². The summed E-state index contributed by atoms with van der Waals surface area (Å²) in [4.78, 5) is 35.7. The van der Waals surface area contributed by atoms with Crippen LogP contribution in [0.25, 0.3) is 0 Å². The van der Waals surface area contributed by atoms with E-state index in [9.17, 15) is 29.7 Å². The van der Waals surface area contributed by atoms with E-state index in [1.807, 2.05) is 13.8 Å². The summed E-state index contributed by atoms with van der Waals surface area (Å²) in [6, 6.07) is 0. The molecule has 0 radical (unpaired) electrons. The zero-order chi connectivity index (χ0) is 22.3. The molecule has 0 heterocycles. The van der Waals surface area contributed by atoms with E-state index in [2.05, 4.69) is 0 Å². The molecule has 4 rings (SSSR count). The maximum absolute atomic E-state index is 12.9. The summed E-state index contributed by atoms with van der Waals surface area (Å²) in [5.41, 5.74) is -4.64. The van der Waals surface area contributed by atoms with Gasteiger partial charge in [0, 0.05) is 35.5 Å². The van der Waals surface area contributed by atoms with Crippen LogP contribution in [0.15, 0.2) is 23.3 Å². The Morgan fingerprint density at radius 1 is 1.20 bits per heavy atom. The Morgan fingerprint density at radius 3 is 2.43 bits per heavy atom. The lowest BCUT2D eigenvalue weighted by Gasteiger charge is -2.52. The van der Waals surface area contributed by atoms with Gasteiger partial charge in [-0.2, -0.15) is 0 Å². The van der Waals surface area contributed by atoms with Crippen LogP contribution in [0.3, 0.4) is 0 Å². The van der Waals surface area contributed by atoms with E-state index in [1.165, 1.54) is 0 Å². The van der Waals surface area contributed by atoms with Crippen LogP contribution in [0.1, 0.15) is 34.1 Å². The monoisotopic (exact) mass is 420 g/mol. The van der Waals surface area contributed by atoms with Crippen molar-refractivity contribution in [2.24, 2.45) is 29.1 Å². The first-order chi connectivity index (χ1) is 14.0. The lowest BCUT2D eigenvalue weighted by atomic mass is 9.59. The number of fused-ring (bicyclic) bond motifs is 5. The molecule has 0 amide bonds. The first-order valence-corrected chi connectivity index (χ1v) is 10.2. The highest BCUT2D eigenvalue weighted by molar-refractivity contribution is 6.04. The SMILES string of the molecule is CC1=C[C@H]2[C@@]3(O)[C@H](C)[C@@H](OC=O)[C@]4(OC=O)[C@@H]([C@@H]3C=C(CO)C[C@]2(O)C1=O)C4(C)C. The molecule has 8 nitrogen and oxygen atoms in total. The van der Waals surface area contributed by atoms with Gasteiger partial charge in [0.15, 0.2) is 11.4 Å². The molecule has 0 saturated heterocycles. The molecule has 2 saturated carbocycles. The molecule has 0 unspecified atom stereocenters. The molecule has 0 aromatic carbocycles. The highest BCUT2D eigenvalue weighted by Gasteiger charge is 2.87. The highest BCUT2D eigenvalue weighted by Crippen LogP contribution is 2.76. The van der Waals surface area contributed by atoms with Crippen molar-refractivity contribution in [1.82, 2.24) is 0 Å². The second-order valence-corrected chi connectivity index (χ2v) is 9.80. The molecule has 4 aliphatic carbocycles. The van der Waals surface area contributed by atoms with E-state index in [4.69, 9.17) is 9.47 Å². The zero-order valence-electron chi connectivity index (χ0n) is 17.5. The third kappa shape index (κ3) is 2.14. The van der Waals surface area contributed by atoms with Gasteiger partial charge in [-0.3, -0.25) is 14.4 Å². The summed E-state index contributed by atoms with van der Waals surface area (Å²) < 4.78 is 11.0. The van der Waals surface area contributed by atoms with Crippen LogP contribution in [0.5, 0.6) is 0 Å². The Bertz CT molecular complexity index is 874. The fourth-order valence-corrected chi connectivity index (χ4v) is 7.03. The molecule has 0 spiro atoms. The van der Waals surface area contributed by atoms with Gasteiger partial charge in [0.05, 0.1) is 12.2 Å². The predicted octanol–water partition coefficient (Wildman–Crippen LogP) is 0.291. The number of hydrogen-bond donors (Lipinski definition) is 3. The van der Waals surface area contributed by atoms with Crippen molar-refractivity contribution in [2.75, 3.05) is 6.61 Å². The number of hydrogen-bond acceptors (Lipinski definition) is 8. The number of ketones is 1. The number of aliphatic hydroxyl groups excluding tert-OH is 1. The molecule has 8 heteroatoms. The third-order valence-corrected chi connectivity index (χ3v) is 8.40.